The highest BCUT2D eigenvalue weighted by atomic mass is 32.1. The van der Waals surface area contributed by atoms with Crippen LogP contribution < -0.4 is 5.32 Å². The molecule has 0 unspecified atom stereocenters. The maximum absolute atomic E-state index is 12.4. The average molecular weight is 338 g/mol. The molecule has 5 nitrogen and oxygen atoms in total. The van der Waals surface area contributed by atoms with Gasteiger partial charge in [0.2, 0.25) is 0 Å². The number of carbonyl (C=O) groups is 1. The minimum Gasteiger partial charge on any atom is -0.462 e. The van der Waals surface area contributed by atoms with Crippen LogP contribution in [0.15, 0.2) is 62.9 Å². The van der Waals surface area contributed by atoms with Gasteiger partial charge in [0, 0.05) is 10.8 Å². The smallest absolute Gasteiger partial charge is 0.271 e. The van der Waals surface area contributed by atoms with E-state index >= 15 is 0 Å². The molecule has 0 bridgehead atoms. The number of furan rings is 2. The van der Waals surface area contributed by atoms with E-state index in [9.17, 15) is 4.79 Å². The molecule has 24 heavy (non-hydrogen) atoms. The predicted molar refractivity (Wildman–Crippen MR) is 91.9 cm³/mol. The normalized spacial score (nSPS) is 12.4. The van der Waals surface area contributed by atoms with Gasteiger partial charge < -0.3 is 14.2 Å². The summed E-state index contributed by atoms with van der Waals surface area (Å²) in [4.78, 5) is 16.7. The lowest BCUT2D eigenvalue weighted by Crippen LogP contribution is -2.26. The number of benzene rings is 1. The van der Waals surface area contributed by atoms with Gasteiger partial charge in [-0.1, -0.05) is 18.2 Å². The zero-order valence-electron chi connectivity index (χ0n) is 12.9. The van der Waals surface area contributed by atoms with Crippen molar-refractivity contribution < 1.29 is 13.6 Å². The third kappa shape index (κ3) is 2.72. The molecule has 120 valence electrons. The Balaban J connectivity index is 1.51. The number of hydrogen-bond acceptors (Lipinski definition) is 5. The first-order valence-electron chi connectivity index (χ1n) is 7.49. The summed E-state index contributed by atoms with van der Waals surface area (Å²) in [7, 11) is 0. The summed E-state index contributed by atoms with van der Waals surface area (Å²) in [5, 5.41) is 6.33. The second-order valence-corrected chi connectivity index (χ2v) is 6.26. The fourth-order valence-electron chi connectivity index (χ4n) is 2.45. The molecule has 3 heterocycles. The van der Waals surface area contributed by atoms with Gasteiger partial charge in [0.1, 0.15) is 17.0 Å². The third-order valence-corrected chi connectivity index (χ3v) is 4.54. The molecule has 0 saturated carbocycles. The van der Waals surface area contributed by atoms with E-state index in [-0.39, 0.29) is 11.9 Å². The second-order valence-electron chi connectivity index (χ2n) is 5.40. The van der Waals surface area contributed by atoms with E-state index in [1.165, 1.54) is 11.3 Å². The van der Waals surface area contributed by atoms with Crippen LogP contribution in [0.1, 0.15) is 29.2 Å². The van der Waals surface area contributed by atoms with Crippen molar-refractivity contribution in [2.24, 2.45) is 0 Å². The first-order chi connectivity index (χ1) is 11.7. The Morgan fingerprint density at radius 2 is 2.12 bits per heavy atom. The SMILES string of the molecule is C[C@@H](NC(=O)c1csc(-c2ccco2)n1)c1cc2ccccc2o1. The minimum absolute atomic E-state index is 0.239. The highest BCUT2D eigenvalue weighted by molar-refractivity contribution is 7.13. The van der Waals surface area contributed by atoms with Crippen molar-refractivity contribution in [1.29, 1.82) is 0 Å². The lowest BCUT2D eigenvalue weighted by Gasteiger charge is -2.09. The Morgan fingerprint density at radius 1 is 1.25 bits per heavy atom. The summed E-state index contributed by atoms with van der Waals surface area (Å²) in [5.41, 5.74) is 1.18. The number of nitrogens with one attached hydrogen (secondary N) is 1. The maximum atomic E-state index is 12.4. The first kappa shape index (κ1) is 14.7. The average Bonchev–Trinajstić information content (AvgIpc) is 3.32. The van der Waals surface area contributed by atoms with Crippen LogP contribution in [0.5, 0.6) is 0 Å². The number of nitrogens with zero attached hydrogens (tertiary/aromatic N) is 1. The molecule has 0 radical (unpaired) electrons. The number of fused-ring (bicyclic) bond motifs is 1. The number of aromatic nitrogens is 1. The molecule has 1 atom stereocenters. The molecule has 0 fully saturated rings. The number of hydrogen-bond donors (Lipinski definition) is 1. The van der Waals surface area contributed by atoms with Gasteiger partial charge in [0.15, 0.2) is 10.8 Å². The molecule has 0 aliphatic rings. The Morgan fingerprint density at radius 3 is 2.92 bits per heavy atom. The van der Waals surface area contributed by atoms with Crippen molar-refractivity contribution in [1.82, 2.24) is 10.3 Å². The van der Waals surface area contributed by atoms with E-state index in [1.54, 1.807) is 17.7 Å². The molecule has 1 aromatic carbocycles. The van der Waals surface area contributed by atoms with Crippen LogP contribution in [0.3, 0.4) is 0 Å². The number of rotatable bonds is 4. The van der Waals surface area contributed by atoms with Crippen molar-refractivity contribution in [2.75, 3.05) is 0 Å². The van der Waals surface area contributed by atoms with Crippen molar-refractivity contribution in [3.05, 3.63) is 65.6 Å². The summed E-state index contributed by atoms with van der Waals surface area (Å²) in [6.07, 6.45) is 1.58. The second kappa shape index (κ2) is 5.98. The summed E-state index contributed by atoms with van der Waals surface area (Å²) >= 11 is 1.37. The van der Waals surface area contributed by atoms with E-state index in [1.807, 2.05) is 43.3 Å². The van der Waals surface area contributed by atoms with Crippen LogP contribution in [0, 0.1) is 0 Å². The summed E-state index contributed by atoms with van der Waals surface area (Å²) in [6.45, 7) is 1.88. The van der Waals surface area contributed by atoms with Crippen LogP contribution >= 0.6 is 11.3 Å². The van der Waals surface area contributed by atoms with Gasteiger partial charge in [-0.05, 0) is 31.2 Å². The molecule has 4 aromatic rings. The Kier molecular flexibility index (Phi) is 3.66. The van der Waals surface area contributed by atoms with Crippen LogP contribution in [0.2, 0.25) is 0 Å². The molecule has 3 aromatic heterocycles. The largest absolute Gasteiger partial charge is 0.462 e. The highest BCUT2D eigenvalue weighted by Crippen LogP contribution is 2.26. The van der Waals surface area contributed by atoms with Crippen molar-refractivity contribution in [3.63, 3.8) is 0 Å². The van der Waals surface area contributed by atoms with Gasteiger partial charge in [-0.15, -0.1) is 11.3 Å². The molecule has 1 amide bonds. The van der Waals surface area contributed by atoms with Gasteiger partial charge in [0.05, 0.1) is 12.3 Å². The zero-order chi connectivity index (χ0) is 16.5. The monoisotopic (exact) mass is 338 g/mol. The van der Waals surface area contributed by atoms with Gasteiger partial charge in [-0.25, -0.2) is 4.98 Å². The van der Waals surface area contributed by atoms with Gasteiger partial charge >= 0.3 is 0 Å². The fourth-order valence-corrected chi connectivity index (χ4v) is 3.22. The number of amides is 1. The summed E-state index contributed by atoms with van der Waals surface area (Å²) in [5.74, 6) is 1.13. The van der Waals surface area contributed by atoms with E-state index in [2.05, 4.69) is 10.3 Å². The van der Waals surface area contributed by atoms with Crippen LogP contribution in [0.4, 0.5) is 0 Å². The number of carbonyl (C=O) groups excluding carboxylic acids is 1. The Hall–Kier alpha value is -2.86. The number of para-hydroxylation sites is 1. The van der Waals surface area contributed by atoms with E-state index < -0.39 is 0 Å². The fraction of sp³-hybridized carbons (Fsp3) is 0.111. The van der Waals surface area contributed by atoms with Crippen molar-refractivity contribution in [2.45, 2.75) is 13.0 Å². The molecule has 0 saturated heterocycles. The molecule has 1 N–H and O–H groups in total. The molecule has 4 rings (SSSR count). The first-order valence-corrected chi connectivity index (χ1v) is 8.37. The van der Waals surface area contributed by atoms with Crippen LogP contribution in [0.25, 0.3) is 21.7 Å². The maximum Gasteiger partial charge on any atom is 0.271 e. The highest BCUT2D eigenvalue weighted by Gasteiger charge is 2.18. The molecular formula is C18H14N2O3S. The lowest BCUT2D eigenvalue weighted by molar-refractivity contribution is 0.0931. The summed E-state index contributed by atoms with van der Waals surface area (Å²) < 4.78 is 11.1. The zero-order valence-corrected chi connectivity index (χ0v) is 13.7. The Labute approximate surface area is 141 Å². The van der Waals surface area contributed by atoms with Gasteiger partial charge in [-0.2, -0.15) is 0 Å². The molecular weight excluding hydrogens is 324 g/mol. The van der Waals surface area contributed by atoms with E-state index in [0.29, 0.717) is 22.2 Å². The van der Waals surface area contributed by atoms with Crippen LogP contribution in [-0.4, -0.2) is 10.9 Å². The predicted octanol–water partition coefficient (Wildman–Crippen LogP) is 4.64. The number of thiazole rings is 1. The summed E-state index contributed by atoms with van der Waals surface area (Å²) in [6, 6.07) is 13.1. The van der Waals surface area contributed by atoms with Gasteiger partial charge in [0.25, 0.3) is 5.91 Å². The minimum atomic E-state index is -0.251. The molecule has 0 aliphatic carbocycles. The van der Waals surface area contributed by atoms with Crippen molar-refractivity contribution >= 4 is 28.2 Å². The third-order valence-electron chi connectivity index (χ3n) is 3.69. The molecule has 6 heteroatoms. The molecule has 0 aliphatic heterocycles. The topological polar surface area (TPSA) is 68.3 Å². The van der Waals surface area contributed by atoms with Gasteiger partial charge in [-0.3, -0.25) is 4.79 Å². The standard InChI is InChI=1S/C18H14N2O3S/c1-11(16-9-12-5-2-3-6-14(12)23-16)19-17(21)13-10-24-18(20-13)15-7-4-8-22-15/h2-11H,1H3,(H,19,21)/t11-/m1/s1. The lowest BCUT2D eigenvalue weighted by atomic mass is 10.2. The van der Waals surface area contributed by atoms with Crippen LogP contribution in [-0.2, 0) is 0 Å². The van der Waals surface area contributed by atoms with Crippen molar-refractivity contribution in [3.8, 4) is 10.8 Å². The molecule has 0 spiro atoms. The van der Waals surface area contributed by atoms with E-state index in [0.717, 1.165) is 11.0 Å². The quantitative estimate of drug-likeness (QED) is 0.588. The van der Waals surface area contributed by atoms with E-state index in [4.69, 9.17) is 8.83 Å². The Bertz CT molecular complexity index is 952.